The summed E-state index contributed by atoms with van der Waals surface area (Å²) in [5.74, 6) is -5.68. The van der Waals surface area contributed by atoms with Gasteiger partial charge in [-0.2, -0.15) is 0 Å². The van der Waals surface area contributed by atoms with Gasteiger partial charge in [-0.1, -0.05) is 65.8 Å². The van der Waals surface area contributed by atoms with Crippen molar-refractivity contribution in [3.63, 3.8) is 0 Å². The quantitative estimate of drug-likeness (QED) is 0.0546. The summed E-state index contributed by atoms with van der Waals surface area (Å²) < 4.78 is 0. The molecule has 0 heterocycles. The Labute approximate surface area is 387 Å². The summed E-state index contributed by atoms with van der Waals surface area (Å²) in [6.45, 7) is 14.1. The van der Waals surface area contributed by atoms with E-state index in [4.69, 9.17) is 5.73 Å². The largest absolute Gasteiger partial charge is 0.508 e. The van der Waals surface area contributed by atoms with Gasteiger partial charge in [-0.25, -0.2) is 4.79 Å². The summed E-state index contributed by atoms with van der Waals surface area (Å²) in [7, 11) is 0. The molecule has 2 aromatic rings. The number of aliphatic hydroxyl groups is 1. The van der Waals surface area contributed by atoms with Crippen molar-refractivity contribution in [1.29, 1.82) is 0 Å². The molecule has 20 nitrogen and oxygen atoms in total. The van der Waals surface area contributed by atoms with Gasteiger partial charge < -0.3 is 58.3 Å². The number of carbonyl (C=O) groups excluding carboxylic acids is 7. The molecule has 0 saturated heterocycles. The number of aliphatic carboxylic acids is 1. The summed E-state index contributed by atoms with van der Waals surface area (Å²) in [5.41, 5.74) is 7.00. The van der Waals surface area contributed by atoms with Crippen molar-refractivity contribution in [1.82, 2.24) is 42.1 Å². The van der Waals surface area contributed by atoms with Gasteiger partial charge in [0, 0.05) is 44.7 Å². The number of aromatic hydroxyl groups is 1. The van der Waals surface area contributed by atoms with Gasteiger partial charge in [-0.15, -0.1) is 0 Å². The molecular weight excluding hydrogens is 855 g/mol. The highest BCUT2D eigenvalue weighted by molar-refractivity contribution is 5.99. The highest BCUT2D eigenvalue weighted by atomic mass is 16.4. The van der Waals surface area contributed by atoms with Crippen LogP contribution in [0, 0.1) is 17.8 Å². The molecule has 0 saturated carbocycles. The monoisotopic (exact) mass is 926 g/mol. The minimum atomic E-state index is -1.51. The Kier molecular flexibility index (Phi) is 23.8. The first-order valence-electron chi connectivity index (χ1n) is 22.3. The van der Waals surface area contributed by atoms with Crippen LogP contribution in [0.5, 0.6) is 5.75 Å². The third kappa shape index (κ3) is 20.4. The fraction of sp³-hybridized carbons (Fsp3) is 0.565. The molecule has 0 bridgehead atoms. The molecular formula is C46H71N9O11. The third-order valence-electron chi connectivity index (χ3n) is 10.2. The molecule has 20 heteroatoms. The Hall–Kier alpha value is -6.12. The minimum absolute atomic E-state index is 0.0280. The van der Waals surface area contributed by atoms with Crippen LogP contribution in [0.4, 0.5) is 0 Å². The Morgan fingerprint density at radius 3 is 1.82 bits per heavy atom. The first-order chi connectivity index (χ1) is 31.0. The molecule has 66 heavy (non-hydrogen) atoms. The normalized spacial score (nSPS) is 14.0. The molecule has 0 fully saturated rings. The van der Waals surface area contributed by atoms with Gasteiger partial charge in [-0.3, -0.25) is 38.5 Å². The van der Waals surface area contributed by atoms with Crippen LogP contribution in [0.25, 0.3) is 0 Å². The van der Waals surface area contributed by atoms with E-state index in [1.807, 2.05) is 27.7 Å². The number of nitrogens with zero attached hydrogens (tertiary/aromatic N) is 1. The van der Waals surface area contributed by atoms with Gasteiger partial charge in [0.2, 0.25) is 35.4 Å². The number of nitrogens with one attached hydrogen (secondary N) is 7. The molecule has 0 aliphatic rings. The van der Waals surface area contributed by atoms with Crippen LogP contribution in [0.2, 0.25) is 0 Å². The van der Waals surface area contributed by atoms with Crippen LogP contribution >= 0.6 is 0 Å². The predicted octanol–water partition coefficient (Wildman–Crippen LogP) is 0.247. The minimum Gasteiger partial charge on any atom is -0.508 e. The zero-order valence-corrected chi connectivity index (χ0v) is 39.3. The molecule has 12 N–H and O–H groups in total. The molecule has 0 aliphatic carbocycles. The smallest absolute Gasteiger partial charge is 0.326 e. The SMILES string of the molecule is CC(C)C[C@H](NC(=O)CCN)C(=O)N[C@@H](C)C(=O)NCCN(CC(=O)NCc1cccc(C(=O)N[C@@H](CC(C)C)C(=O)N[C@H](C(=O)N[C@H](C(=O)O)C(C)C)[C@@H](C)O)c1)Cc1ccc(O)cc1. The van der Waals surface area contributed by atoms with E-state index in [9.17, 15) is 53.7 Å². The molecule has 0 aromatic heterocycles. The second-order valence-electron chi connectivity index (χ2n) is 17.6. The lowest BCUT2D eigenvalue weighted by molar-refractivity contribution is -0.144. The Balaban J connectivity index is 2.10. The van der Waals surface area contributed by atoms with Crippen LogP contribution in [-0.2, 0) is 46.7 Å². The molecule has 0 aliphatic heterocycles. The summed E-state index contributed by atoms with van der Waals surface area (Å²) in [5, 5.41) is 48.1. The number of carbonyl (C=O) groups is 8. The molecule has 366 valence electrons. The van der Waals surface area contributed by atoms with Crippen LogP contribution in [0.3, 0.4) is 0 Å². The lowest BCUT2D eigenvalue weighted by atomic mass is 10.0. The van der Waals surface area contributed by atoms with E-state index in [0.717, 1.165) is 5.56 Å². The van der Waals surface area contributed by atoms with E-state index in [0.29, 0.717) is 12.0 Å². The molecule has 6 atom stereocenters. The highest BCUT2D eigenvalue weighted by Crippen LogP contribution is 2.14. The van der Waals surface area contributed by atoms with Gasteiger partial charge in [0.15, 0.2) is 0 Å². The number of carboxylic acid groups (broad SMARTS) is 1. The van der Waals surface area contributed by atoms with Gasteiger partial charge >= 0.3 is 5.97 Å². The van der Waals surface area contributed by atoms with E-state index in [1.54, 1.807) is 49.1 Å². The number of hydrogen-bond acceptors (Lipinski definition) is 12. The Morgan fingerprint density at radius 1 is 0.667 bits per heavy atom. The summed E-state index contributed by atoms with van der Waals surface area (Å²) >= 11 is 0. The first kappa shape index (κ1) is 56.0. The standard InChI is InChI=1S/C46H71N9O11/c1-26(2)20-35(51-37(58)16-17-47)43(62)50-29(7)41(60)48-18-19-55(24-31-12-14-34(57)15-13-31)25-38(59)49-23-32-10-9-11-33(22-32)42(61)52-36(21-27(3)4)44(63)54-40(30(8)56)45(64)53-39(28(5)6)46(65)66/h9-15,22,26-30,35-36,39-40,56-57H,16-21,23-25,47H2,1-8H3,(H,48,60)(H,49,59)(H,50,62)(H,51,58)(H,52,61)(H,53,64)(H,54,63)(H,65,66)/t29-,30+,35-,36-,39-,40-/m0/s1. The van der Waals surface area contributed by atoms with Crippen LogP contribution in [-0.4, -0.2) is 130 Å². The first-order valence-corrected chi connectivity index (χ1v) is 22.3. The van der Waals surface area contributed by atoms with E-state index >= 15 is 0 Å². The second-order valence-corrected chi connectivity index (χ2v) is 17.6. The average molecular weight is 926 g/mol. The lowest BCUT2D eigenvalue weighted by Crippen LogP contribution is -2.59. The molecule has 2 rings (SSSR count). The second kappa shape index (κ2) is 28.0. The average Bonchev–Trinajstić information content (AvgIpc) is 3.23. The molecule has 7 amide bonds. The number of hydrogen-bond donors (Lipinski definition) is 11. The zero-order valence-electron chi connectivity index (χ0n) is 39.3. The van der Waals surface area contributed by atoms with Gasteiger partial charge in [0.1, 0.15) is 36.0 Å². The number of phenolic OH excluding ortho intramolecular Hbond substituents is 1. The summed E-state index contributed by atoms with van der Waals surface area (Å²) in [4.78, 5) is 105. The maximum atomic E-state index is 13.5. The fourth-order valence-electron chi connectivity index (χ4n) is 6.69. The van der Waals surface area contributed by atoms with Crippen LogP contribution in [0.15, 0.2) is 48.5 Å². The number of nitrogens with two attached hydrogens (primary N) is 1. The van der Waals surface area contributed by atoms with Gasteiger partial charge in [-0.05, 0) is 79.8 Å². The van der Waals surface area contributed by atoms with Crippen molar-refractivity contribution in [3.8, 4) is 5.75 Å². The van der Waals surface area contributed by atoms with Crippen molar-refractivity contribution >= 4 is 47.3 Å². The predicted molar refractivity (Wildman–Crippen MR) is 246 cm³/mol. The van der Waals surface area contributed by atoms with E-state index in [1.165, 1.54) is 32.0 Å². The summed E-state index contributed by atoms with van der Waals surface area (Å²) in [6.07, 6.45) is -0.808. The summed E-state index contributed by atoms with van der Waals surface area (Å²) in [6, 6.07) is 7.14. The molecule has 0 unspecified atom stereocenters. The van der Waals surface area contributed by atoms with E-state index < -0.39 is 77.7 Å². The number of rotatable bonds is 28. The van der Waals surface area contributed by atoms with Crippen molar-refractivity contribution in [2.45, 2.75) is 124 Å². The maximum Gasteiger partial charge on any atom is 0.326 e. The van der Waals surface area contributed by atoms with Crippen molar-refractivity contribution < 1.29 is 53.7 Å². The molecule has 2 aromatic carbocycles. The topological polar surface area (TPSA) is 311 Å². The van der Waals surface area contributed by atoms with Crippen LogP contribution in [0.1, 0.15) is 96.1 Å². The highest BCUT2D eigenvalue weighted by Gasteiger charge is 2.34. The maximum absolute atomic E-state index is 13.5. The Bertz CT molecular complexity index is 1940. The molecule has 0 spiro atoms. The number of phenols is 1. The Morgan fingerprint density at radius 2 is 1.26 bits per heavy atom. The third-order valence-corrected chi connectivity index (χ3v) is 10.2. The van der Waals surface area contributed by atoms with E-state index in [2.05, 4.69) is 37.2 Å². The number of carboxylic acids is 1. The van der Waals surface area contributed by atoms with Crippen molar-refractivity contribution in [2.75, 3.05) is 26.2 Å². The lowest BCUT2D eigenvalue weighted by Gasteiger charge is -2.27. The van der Waals surface area contributed by atoms with Crippen LogP contribution < -0.4 is 43.0 Å². The van der Waals surface area contributed by atoms with Gasteiger partial charge in [0.05, 0.1) is 12.6 Å². The van der Waals surface area contributed by atoms with Crippen molar-refractivity contribution in [3.05, 3.63) is 65.2 Å². The van der Waals surface area contributed by atoms with Crippen molar-refractivity contribution in [2.24, 2.45) is 23.5 Å². The fourth-order valence-corrected chi connectivity index (χ4v) is 6.69. The number of benzene rings is 2. The van der Waals surface area contributed by atoms with Gasteiger partial charge in [0.25, 0.3) is 5.91 Å². The zero-order chi connectivity index (χ0) is 49.7. The number of aliphatic hydroxyl groups excluding tert-OH is 1. The number of amides is 7. The molecule has 0 radical (unpaired) electrons. The van der Waals surface area contributed by atoms with E-state index in [-0.39, 0.29) is 87.1 Å².